The largest absolute Gasteiger partial charge is 0.493 e. The maximum absolute atomic E-state index is 12.4. The highest BCUT2D eigenvalue weighted by molar-refractivity contribution is 9.10. The van der Waals surface area contributed by atoms with Gasteiger partial charge >= 0.3 is 0 Å². The number of hydrogen-bond donors (Lipinski definition) is 1. The highest BCUT2D eigenvalue weighted by Gasteiger charge is 2.15. The van der Waals surface area contributed by atoms with E-state index in [1.807, 2.05) is 26.4 Å². The van der Waals surface area contributed by atoms with Gasteiger partial charge in [-0.15, -0.1) is 0 Å². The molecule has 0 radical (unpaired) electrons. The van der Waals surface area contributed by atoms with E-state index in [9.17, 15) is 4.79 Å². The molecule has 2 rings (SSSR count). The molecule has 25 heavy (non-hydrogen) atoms. The third-order valence-corrected chi connectivity index (χ3v) is 4.22. The van der Waals surface area contributed by atoms with Gasteiger partial charge in [0.05, 0.1) is 24.4 Å². The summed E-state index contributed by atoms with van der Waals surface area (Å²) in [5.74, 6) is 1.04. The number of aromatic nitrogens is 2. The average molecular weight is 410 g/mol. The molecule has 0 bridgehead atoms. The van der Waals surface area contributed by atoms with Crippen molar-refractivity contribution >= 4 is 21.8 Å². The van der Waals surface area contributed by atoms with Crippen molar-refractivity contribution in [2.75, 3.05) is 20.3 Å². The molecule has 0 aliphatic carbocycles. The highest BCUT2D eigenvalue weighted by atomic mass is 79.9. The van der Waals surface area contributed by atoms with Crippen molar-refractivity contribution in [3.8, 4) is 11.5 Å². The third kappa shape index (κ3) is 5.49. The number of nitrogens with one attached hydrogen (secondary N) is 1. The van der Waals surface area contributed by atoms with E-state index in [0.717, 1.165) is 19.3 Å². The molecule has 136 valence electrons. The van der Waals surface area contributed by atoms with Crippen LogP contribution in [0, 0.1) is 0 Å². The minimum atomic E-state index is -0.132. The van der Waals surface area contributed by atoms with Gasteiger partial charge in [0.1, 0.15) is 0 Å². The van der Waals surface area contributed by atoms with E-state index < -0.39 is 0 Å². The summed E-state index contributed by atoms with van der Waals surface area (Å²) < 4.78 is 13.5. The predicted octanol–water partition coefficient (Wildman–Crippen LogP) is 3.34. The number of carbonyl (C=O) groups is 1. The maximum Gasteiger partial charge on any atom is 0.251 e. The smallest absolute Gasteiger partial charge is 0.251 e. The zero-order valence-corrected chi connectivity index (χ0v) is 16.4. The Morgan fingerprint density at radius 1 is 1.40 bits per heavy atom. The summed E-state index contributed by atoms with van der Waals surface area (Å²) in [6.45, 7) is 3.23. The number of halogens is 1. The standard InChI is InChI=1S/C18H24BrN3O3/c1-4-8-25-17-15(19)9-14(10-16(17)24-3)18(23)20-7-5-6-13-11-21-22(2)12-13/h9-12H,4-8H2,1-3H3,(H,20,23). The summed E-state index contributed by atoms with van der Waals surface area (Å²) in [5.41, 5.74) is 1.70. The van der Waals surface area contributed by atoms with Crippen LogP contribution < -0.4 is 14.8 Å². The van der Waals surface area contributed by atoms with Crippen molar-refractivity contribution in [2.45, 2.75) is 26.2 Å². The van der Waals surface area contributed by atoms with Crippen molar-refractivity contribution in [2.24, 2.45) is 7.05 Å². The number of aryl methyl sites for hydroxylation is 2. The number of benzene rings is 1. The Morgan fingerprint density at radius 3 is 2.84 bits per heavy atom. The van der Waals surface area contributed by atoms with Crippen LogP contribution in [0.2, 0.25) is 0 Å². The molecule has 0 saturated heterocycles. The second-order valence-electron chi connectivity index (χ2n) is 5.72. The van der Waals surface area contributed by atoms with Gasteiger partial charge in [0.15, 0.2) is 11.5 Å². The van der Waals surface area contributed by atoms with E-state index in [0.29, 0.717) is 34.7 Å². The number of amides is 1. The summed E-state index contributed by atoms with van der Waals surface area (Å²) in [6, 6.07) is 3.45. The van der Waals surface area contributed by atoms with Crippen LogP contribution >= 0.6 is 15.9 Å². The molecule has 2 aromatic rings. The van der Waals surface area contributed by atoms with Gasteiger partial charge in [0.2, 0.25) is 0 Å². The van der Waals surface area contributed by atoms with Crippen molar-refractivity contribution < 1.29 is 14.3 Å². The van der Waals surface area contributed by atoms with Gasteiger partial charge in [-0.3, -0.25) is 9.48 Å². The summed E-state index contributed by atoms with van der Waals surface area (Å²) in [4.78, 5) is 12.4. The molecule has 7 heteroatoms. The zero-order valence-electron chi connectivity index (χ0n) is 14.8. The molecule has 0 aliphatic rings. The summed E-state index contributed by atoms with van der Waals surface area (Å²) >= 11 is 3.46. The van der Waals surface area contributed by atoms with Crippen LogP contribution in [-0.4, -0.2) is 35.9 Å². The van der Waals surface area contributed by atoms with E-state index >= 15 is 0 Å². The number of carbonyl (C=O) groups excluding carboxylic acids is 1. The van der Waals surface area contributed by atoms with E-state index in [1.54, 1.807) is 23.9 Å². The topological polar surface area (TPSA) is 65.4 Å². The number of nitrogens with zero attached hydrogens (tertiary/aromatic N) is 2. The minimum absolute atomic E-state index is 0.132. The van der Waals surface area contributed by atoms with E-state index in [2.05, 4.69) is 26.3 Å². The molecule has 1 amide bonds. The Morgan fingerprint density at radius 2 is 2.20 bits per heavy atom. The van der Waals surface area contributed by atoms with Crippen molar-refractivity contribution in [1.29, 1.82) is 0 Å². The second-order valence-corrected chi connectivity index (χ2v) is 6.57. The first kappa shape index (κ1) is 19.3. The zero-order chi connectivity index (χ0) is 18.2. The lowest BCUT2D eigenvalue weighted by Crippen LogP contribution is -2.24. The van der Waals surface area contributed by atoms with Crippen LogP contribution in [0.15, 0.2) is 29.0 Å². The fraction of sp³-hybridized carbons (Fsp3) is 0.444. The molecule has 0 fully saturated rings. The Bertz CT molecular complexity index is 716. The second kappa shape index (κ2) is 9.46. The quantitative estimate of drug-likeness (QED) is 0.644. The molecule has 6 nitrogen and oxygen atoms in total. The number of methoxy groups -OCH3 is 1. The van der Waals surface area contributed by atoms with Crippen LogP contribution in [-0.2, 0) is 13.5 Å². The van der Waals surface area contributed by atoms with Crippen molar-refractivity contribution in [1.82, 2.24) is 15.1 Å². The average Bonchev–Trinajstić information content (AvgIpc) is 3.02. The van der Waals surface area contributed by atoms with Crippen LogP contribution in [0.25, 0.3) is 0 Å². The van der Waals surface area contributed by atoms with Gasteiger partial charge in [0.25, 0.3) is 5.91 Å². The molecule has 1 N–H and O–H groups in total. The Balaban J connectivity index is 1.93. The minimum Gasteiger partial charge on any atom is -0.493 e. The Labute approximate surface area is 156 Å². The molecule has 1 aromatic carbocycles. The summed E-state index contributed by atoms with van der Waals surface area (Å²) in [6.07, 6.45) is 6.46. The molecule has 1 heterocycles. The fourth-order valence-electron chi connectivity index (χ4n) is 2.39. The SMILES string of the molecule is CCCOc1c(Br)cc(C(=O)NCCCc2cnn(C)c2)cc1OC. The molecule has 0 aliphatic heterocycles. The fourth-order valence-corrected chi connectivity index (χ4v) is 2.95. The molecule has 0 unspecified atom stereocenters. The lowest BCUT2D eigenvalue weighted by molar-refractivity contribution is 0.0952. The molecule has 1 aromatic heterocycles. The van der Waals surface area contributed by atoms with Crippen LogP contribution in [0.1, 0.15) is 35.7 Å². The molecule has 0 saturated carbocycles. The monoisotopic (exact) mass is 409 g/mol. The van der Waals surface area contributed by atoms with Gasteiger partial charge in [0, 0.05) is 25.4 Å². The highest BCUT2D eigenvalue weighted by Crippen LogP contribution is 2.36. The third-order valence-electron chi connectivity index (χ3n) is 3.63. The Hall–Kier alpha value is -2.02. The molecular weight excluding hydrogens is 386 g/mol. The van der Waals surface area contributed by atoms with Crippen LogP contribution in [0.3, 0.4) is 0 Å². The van der Waals surface area contributed by atoms with Gasteiger partial charge in [-0.1, -0.05) is 6.92 Å². The van der Waals surface area contributed by atoms with Crippen LogP contribution in [0.4, 0.5) is 0 Å². The predicted molar refractivity (Wildman–Crippen MR) is 100 cm³/mol. The number of rotatable bonds is 9. The normalized spacial score (nSPS) is 10.6. The van der Waals surface area contributed by atoms with Crippen LogP contribution in [0.5, 0.6) is 11.5 Å². The molecule has 0 atom stereocenters. The molecular formula is C18H24BrN3O3. The maximum atomic E-state index is 12.4. The molecule has 0 spiro atoms. The van der Waals surface area contributed by atoms with Gasteiger partial charge < -0.3 is 14.8 Å². The lowest BCUT2D eigenvalue weighted by atomic mass is 10.1. The van der Waals surface area contributed by atoms with E-state index in [4.69, 9.17) is 9.47 Å². The first-order valence-electron chi connectivity index (χ1n) is 8.31. The van der Waals surface area contributed by atoms with E-state index in [-0.39, 0.29) is 5.91 Å². The number of hydrogen-bond acceptors (Lipinski definition) is 4. The Kier molecular flexibility index (Phi) is 7.31. The van der Waals surface area contributed by atoms with Gasteiger partial charge in [-0.05, 0) is 52.9 Å². The summed E-state index contributed by atoms with van der Waals surface area (Å²) in [7, 11) is 3.46. The van der Waals surface area contributed by atoms with Gasteiger partial charge in [-0.2, -0.15) is 5.10 Å². The van der Waals surface area contributed by atoms with Crippen molar-refractivity contribution in [3.05, 3.63) is 40.1 Å². The van der Waals surface area contributed by atoms with E-state index in [1.165, 1.54) is 5.56 Å². The summed E-state index contributed by atoms with van der Waals surface area (Å²) in [5, 5.41) is 7.07. The van der Waals surface area contributed by atoms with Crippen molar-refractivity contribution in [3.63, 3.8) is 0 Å². The lowest BCUT2D eigenvalue weighted by Gasteiger charge is -2.14. The first-order valence-corrected chi connectivity index (χ1v) is 9.10. The van der Waals surface area contributed by atoms with Gasteiger partial charge in [-0.25, -0.2) is 0 Å². The number of ether oxygens (including phenoxy) is 2. The first-order chi connectivity index (χ1) is 12.0.